The largest absolute Gasteiger partial charge is 0.497 e. The van der Waals surface area contributed by atoms with Gasteiger partial charge in [-0.15, -0.1) is 11.3 Å². The van der Waals surface area contributed by atoms with Gasteiger partial charge in [0.05, 0.1) is 17.8 Å². The van der Waals surface area contributed by atoms with E-state index in [1.807, 2.05) is 12.1 Å². The zero-order valence-corrected chi connectivity index (χ0v) is 13.2. The first kappa shape index (κ1) is 15.0. The predicted molar refractivity (Wildman–Crippen MR) is 84.6 cm³/mol. The van der Waals surface area contributed by atoms with E-state index >= 15 is 0 Å². The highest BCUT2D eigenvalue weighted by Gasteiger charge is 2.09. The Balaban J connectivity index is 1.83. The van der Waals surface area contributed by atoms with Crippen molar-refractivity contribution in [1.82, 2.24) is 4.98 Å². The van der Waals surface area contributed by atoms with E-state index in [4.69, 9.17) is 10.5 Å². The lowest BCUT2D eigenvalue weighted by molar-refractivity contribution is 0.414. The van der Waals surface area contributed by atoms with Gasteiger partial charge in [0.25, 0.3) is 0 Å². The lowest BCUT2D eigenvalue weighted by Crippen LogP contribution is -2.23. The molecule has 0 aliphatic carbocycles. The van der Waals surface area contributed by atoms with Gasteiger partial charge in [0.15, 0.2) is 0 Å². The van der Waals surface area contributed by atoms with E-state index in [0.717, 1.165) is 35.7 Å². The zero-order chi connectivity index (χ0) is 14.5. The number of rotatable bonds is 6. The fraction of sp³-hybridized carbons (Fsp3) is 0.438. The molecule has 2 N–H and O–H groups in total. The third kappa shape index (κ3) is 4.05. The summed E-state index contributed by atoms with van der Waals surface area (Å²) in [4.78, 5) is 5.84. The number of ether oxygens (including phenoxy) is 1. The molecule has 1 atom stereocenters. The van der Waals surface area contributed by atoms with Gasteiger partial charge in [-0.1, -0.05) is 12.1 Å². The third-order valence-electron chi connectivity index (χ3n) is 3.47. The number of thiazole rings is 1. The molecule has 2 aromatic rings. The molecule has 3 nitrogen and oxygen atoms in total. The molecule has 2 rings (SSSR count). The number of hydrogen-bond donors (Lipinski definition) is 1. The molecule has 4 heteroatoms. The van der Waals surface area contributed by atoms with Crippen LogP contribution in [0.2, 0.25) is 0 Å². The lowest BCUT2D eigenvalue weighted by Gasteiger charge is -2.10. The molecule has 0 saturated carbocycles. The van der Waals surface area contributed by atoms with Gasteiger partial charge in [0.1, 0.15) is 5.75 Å². The molecule has 1 aromatic heterocycles. The summed E-state index contributed by atoms with van der Waals surface area (Å²) in [6.07, 6.45) is 2.84. The van der Waals surface area contributed by atoms with E-state index in [9.17, 15) is 0 Å². The summed E-state index contributed by atoms with van der Waals surface area (Å²) in [6.45, 7) is 4.16. The van der Waals surface area contributed by atoms with E-state index in [0.29, 0.717) is 0 Å². The smallest absolute Gasteiger partial charge is 0.118 e. The van der Waals surface area contributed by atoms with Gasteiger partial charge >= 0.3 is 0 Å². The Morgan fingerprint density at radius 2 is 1.95 bits per heavy atom. The molecule has 1 aromatic carbocycles. The van der Waals surface area contributed by atoms with Gasteiger partial charge in [0, 0.05) is 17.3 Å². The second-order valence-electron chi connectivity index (χ2n) is 5.10. The maximum Gasteiger partial charge on any atom is 0.118 e. The van der Waals surface area contributed by atoms with Crippen LogP contribution in [0.1, 0.15) is 27.6 Å². The first-order chi connectivity index (χ1) is 9.58. The number of methoxy groups -OCH3 is 1. The average molecular weight is 290 g/mol. The Morgan fingerprint density at radius 1 is 1.25 bits per heavy atom. The van der Waals surface area contributed by atoms with Crippen molar-refractivity contribution in [2.24, 2.45) is 5.73 Å². The monoisotopic (exact) mass is 290 g/mol. The first-order valence-corrected chi connectivity index (χ1v) is 7.71. The second-order valence-corrected chi connectivity index (χ2v) is 6.39. The molecule has 20 heavy (non-hydrogen) atoms. The zero-order valence-electron chi connectivity index (χ0n) is 12.3. The van der Waals surface area contributed by atoms with Gasteiger partial charge in [-0.2, -0.15) is 0 Å². The van der Waals surface area contributed by atoms with Crippen LogP contribution in [0.25, 0.3) is 0 Å². The van der Waals surface area contributed by atoms with Crippen LogP contribution in [0.4, 0.5) is 0 Å². The van der Waals surface area contributed by atoms with Crippen molar-refractivity contribution in [2.75, 3.05) is 7.11 Å². The van der Waals surface area contributed by atoms with E-state index < -0.39 is 0 Å². The summed E-state index contributed by atoms with van der Waals surface area (Å²) in [5.41, 5.74) is 8.64. The van der Waals surface area contributed by atoms with Gasteiger partial charge in [0.2, 0.25) is 0 Å². The standard InChI is InChI=1S/C16H22N2OS/c1-11-12(2)20-16(18-11)10-14(17)7-4-13-5-8-15(19-3)9-6-13/h5-6,8-9,14H,4,7,10,17H2,1-3H3. The molecule has 0 aliphatic rings. The lowest BCUT2D eigenvalue weighted by atomic mass is 10.0. The molecule has 0 saturated heterocycles. The van der Waals surface area contributed by atoms with Crippen molar-refractivity contribution >= 4 is 11.3 Å². The fourth-order valence-electron chi connectivity index (χ4n) is 2.10. The molecule has 0 fully saturated rings. The predicted octanol–water partition coefficient (Wildman–Crippen LogP) is 3.27. The van der Waals surface area contributed by atoms with Crippen LogP contribution in [0, 0.1) is 13.8 Å². The summed E-state index contributed by atoms with van der Waals surface area (Å²) >= 11 is 1.76. The summed E-state index contributed by atoms with van der Waals surface area (Å²) < 4.78 is 5.16. The fourth-order valence-corrected chi connectivity index (χ4v) is 3.12. The van der Waals surface area contributed by atoms with Crippen LogP contribution in [0.5, 0.6) is 5.75 Å². The number of aromatic nitrogens is 1. The van der Waals surface area contributed by atoms with Crippen molar-refractivity contribution in [3.8, 4) is 5.75 Å². The second kappa shape index (κ2) is 6.86. The van der Waals surface area contributed by atoms with Crippen molar-refractivity contribution in [3.05, 3.63) is 45.4 Å². The van der Waals surface area contributed by atoms with Crippen LogP contribution in [0.3, 0.4) is 0 Å². The highest BCUT2D eigenvalue weighted by Crippen LogP contribution is 2.19. The Bertz CT molecular complexity index is 529. The molecule has 0 spiro atoms. The Hall–Kier alpha value is -1.39. The normalized spacial score (nSPS) is 12.4. The molecule has 0 amide bonds. The molecule has 1 unspecified atom stereocenters. The maximum atomic E-state index is 6.21. The number of nitrogens with two attached hydrogens (primary N) is 1. The summed E-state index contributed by atoms with van der Waals surface area (Å²) in [5, 5.41) is 1.15. The Morgan fingerprint density at radius 3 is 2.50 bits per heavy atom. The van der Waals surface area contributed by atoms with Crippen LogP contribution in [-0.4, -0.2) is 18.1 Å². The first-order valence-electron chi connectivity index (χ1n) is 6.90. The average Bonchev–Trinajstić information content (AvgIpc) is 2.75. The highest BCUT2D eigenvalue weighted by atomic mass is 32.1. The van der Waals surface area contributed by atoms with Crippen LogP contribution in [-0.2, 0) is 12.8 Å². The minimum absolute atomic E-state index is 0.169. The van der Waals surface area contributed by atoms with E-state index in [-0.39, 0.29) is 6.04 Å². The van der Waals surface area contributed by atoms with Gasteiger partial charge in [-0.05, 0) is 44.4 Å². The van der Waals surface area contributed by atoms with Crippen molar-refractivity contribution in [2.45, 2.75) is 39.2 Å². The topological polar surface area (TPSA) is 48.1 Å². The van der Waals surface area contributed by atoms with Gasteiger partial charge in [-0.25, -0.2) is 4.98 Å². The van der Waals surface area contributed by atoms with E-state index in [2.05, 4.69) is 31.0 Å². The maximum absolute atomic E-state index is 6.21. The number of hydrogen-bond acceptors (Lipinski definition) is 4. The SMILES string of the molecule is COc1ccc(CCC(N)Cc2nc(C)c(C)s2)cc1. The minimum Gasteiger partial charge on any atom is -0.497 e. The van der Waals surface area contributed by atoms with Crippen molar-refractivity contribution < 1.29 is 4.74 Å². The molecular formula is C16H22N2OS. The molecule has 0 radical (unpaired) electrons. The molecule has 1 heterocycles. The van der Waals surface area contributed by atoms with Crippen molar-refractivity contribution in [1.29, 1.82) is 0 Å². The summed E-state index contributed by atoms with van der Waals surface area (Å²) in [6, 6.07) is 8.36. The molecule has 108 valence electrons. The number of aryl methyl sites for hydroxylation is 3. The van der Waals surface area contributed by atoms with Crippen molar-refractivity contribution in [3.63, 3.8) is 0 Å². The molecule has 0 bridgehead atoms. The van der Waals surface area contributed by atoms with Crippen LogP contribution in [0.15, 0.2) is 24.3 Å². The molecule has 0 aliphatic heterocycles. The number of benzene rings is 1. The molecular weight excluding hydrogens is 268 g/mol. The highest BCUT2D eigenvalue weighted by molar-refractivity contribution is 7.11. The summed E-state index contributed by atoms with van der Waals surface area (Å²) in [7, 11) is 1.68. The van der Waals surface area contributed by atoms with Gasteiger partial charge in [-0.3, -0.25) is 0 Å². The van der Waals surface area contributed by atoms with Crippen LogP contribution < -0.4 is 10.5 Å². The quantitative estimate of drug-likeness (QED) is 0.888. The number of nitrogens with zero attached hydrogens (tertiary/aromatic N) is 1. The van der Waals surface area contributed by atoms with Crippen LogP contribution >= 0.6 is 11.3 Å². The third-order valence-corrected chi connectivity index (χ3v) is 4.57. The van der Waals surface area contributed by atoms with Gasteiger partial charge < -0.3 is 10.5 Å². The summed E-state index contributed by atoms with van der Waals surface area (Å²) in [5.74, 6) is 0.895. The Labute approximate surface area is 124 Å². The van der Waals surface area contributed by atoms with E-state index in [1.54, 1.807) is 18.4 Å². The Kier molecular flexibility index (Phi) is 5.15. The van der Waals surface area contributed by atoms with E-state index in [1.165, 1.54) is 10.4 Å². The minimum atomic E-state index is 0.169.